The summed E-state index contributed by atoms with van der Waals surface area (Å²) >= 11 is 10.9. The molecule has 0 aromatic carbocycles. The van der Waals surface area contributed by atoms with Crippen LogP contribution in [0.3, 0.4) is 0 Å². The van der Waals surface area contributed by atoms with E-state index in [1.54, 1.807) is 0 Å². The zero-order valence-corrected chi connectivity index (χ0v) is 4.87. The van der Waals surface area contributed by atoms with Gasteiger partial charge in [0.15, 0.2) is 0 Å². The quantitative estimate of drug-likeness (QED) is 0.480. The summed E-state index contributed by atoms with van der Waals surface area (Å²) in [5.41, 5.74) is 0. The van der Waals surface area contributed by atoms with E-state index in [0.29, 0.717) is 10.1 Å². The van der Waals surface area contributed by atoms with Gasteiger partial charge in [0.05, 0.1) is 10.1 Å². The number of rotatable bonds is 0. The summed E-state index contributed by atoms with van der Waals surface area (Å²) < 4.78 is 0. The highest BCUT2D eigenvalue weighted by Crippen LogP contribution is 2.20. The Morgan fingerprint density at radius 3 is 1.71 bits per heavy atom. The smallest absolute Gasteiger partial charge is 0.0790 e. The number of hydrogen-bond acceptors (Lipinski definition) is 0. The fourth-order valence-electron chi connectivity index (χ4n) is 0.291. The van der Waals surface area contributed by atoms with Crippen molar-refractivity contribution >= 4 is 23.2 Å². The molecule has 0 spiro atoms. The highest BCUT2D eigenvalue weighted by atomic mass is 35.5. The topological polar surface area (TPSA) is 14.1 Å². The van der Waals surface area contributed by atoms with Crippen LogP contribution in [0, 0.1) is 0 Å². The van der Waals surface area contributed by atoms with Gasteiger partial charge in [0.2, 0.25) is 0 Å². The van der Waals surface area contributed by atoms with Crippen molar-refractivity contribution in [3.63, 3.8) is 0 Å². The van der Waals surface area contributed by atoms with Crippen LogP contribution in [0.5, 0.6) is 0 Å². The molecule has 1 nitrogen and oxygen atoms in total. The predicted molar refractivity (Wildman–Crippen MR) is 30.0 cm³/mol. The molecule has 0 amide bonds. The van der Waals surface area contributed by atoms with Crippen LogP contribution in [0.15, 0.2) is 22.5 Å². The average Bonchev–Trinajstić information content (AvgIpc) is 1.91. The van der Waals surface area contributed by atoms with Gasteiger partial charge in [-0.15, -0.1) is 0 Å². The van der Waals surface area contributed by atoms with Crippen LogP contribution in [0.4, 0.5) is 0 Å². The summed E-state index contributed by atoms with van der Waals surface area (Å²) in [5, 5.41) is 4.69. The normalized spacial score (nSPS) is 18.0. The van der Waals surface area contributed by atoms with Gasteiger partial charge in [0.1, 0.15) is 0 Å². The van der Waals surface area contributed by atoms with E-state index < -0.39 is 0 Å². The fraction of sp³-hybridized carbons (Fsp3) is 0. The molecule has 0 saturated carbocycles. The number of halogens is 2. The van der Waals surface area contributed by atoms with Crippen molar-refractivity contribution in [2.45, 2.75) is 0 Å². The van der Waals surface area contributed by atoms with Gasteiger partial charge in [-0.3, -0.25) is 5.32 Å². The first-order valence-corrected chi connectivity index (χ1v) is 2.48. The molecule has 0 aliphatic carbocycles. The van der Waals surface area contributed by atoms with Crippen LogP contribution < -0.4 is 5.32 Å². The first-order chi connectivity index (χ1) is 3.30. The summed E-state index contributed by atoms with van der Waals surface area (Å²) in [6.07, 6.45) is 3.01. The molecule has 0 saturated heterocycles. The first-order valence-electron chi connectivity index (χ1n) is 1.72. The van der Waals surface area contributed by atoms with Crippen molar-refractivity contribution in [3.8, 4) is 0 Å². The van der Waals surface area contributed by atoms with Crippen molar-refractivity contribution in [2.24, 2.45) is 0 Å². The van der Waals surface area contributed by atoms with Crippen LogP contribution in [0.2, 0.25) is 0 Å². The first kappa shape index (κ1) is 5.01. The third-order valence-electron chi connectivity index (χ3n) is 0.604. The number of allylic oxidation sites excluding steroid dienone is 2. The summed E-state index contributed by atoms with van der Waals surface area (Å²) in [6.45, 7) is 0. The second kappa shape index (κ2) is 1.76. The van der Waals surface area contributed by atoms with Crippen molar-refractivity contribution in [3.05, 3.63) is 22.5 Å². The molecule has 37 valence electrons. The Kier molecular flexibility index (Phi) is 1.26. The van der Waals surface area contributed by atoms with E-state index in [1.807, 2.05) is 0 Å². The third kappa shape index (κ3) is 0.898. The minimum atomic E-state index is 0.515. The van der Waals surface area contributed by atoms with Crippen LogP contribution >= 0.6 is 23.2 Å². The molecule has 1 aliphatic rings. The molecular weight excluding hydrogens is 133 g/mol. The molecule has 0 unspecified atom stereocenters. The highest BCUT2D eigenvalue weighted by Gasteiger charge is 2.02. The number of nitrogens with zero attached hydrogens (tertiary/aromatic N) is 1. The SMILES string of the molecule is ClC1=C[N]C=C1Cl. The van der Waals surface area contributed by atoms with Crippen molar-refractivity contribution in [1.29, 1.82) is 0 Å². The Bertz CT molecular complexity index is 121. The second-order valence-electron chi connectivity index (χ2n) is 1.10. The van der Waals surface area contributed by atoms with Gasteiger partial charge >= 0.3 is 0 Å². The molecule has 1 aliphatic heterocycles. The van der Waals surface area contributed by atoms with Gasteiger partial charge in [0.25, 0.3) is 0 Å². The minimum absolute atomic E-state index is 0.515. The summed E-state index contributed by atoms with van der Waals surface area (Å²) in [4.78, 5) is 0. The van der Waals surface area contributed by atoms with E-state index in [9.17, 15) is 0 Å². The molecule has 0 fully saturated rings. The summed E-state index contributed by atoms with van der Waals surface area (Å²) in [5.74, 6) is 0. The Morgan fingerprint density at radius 1 is 1.14 bits per heavy atom. The maximum atomic E-state index is 5.43. The molecule has 0 atom stereocenters. The van der Waals surface area contributed by atoms with Gasteiger partial charge in [-0.1, -0.05) is 23.2 Å². The predicted octanol–water partition coefficient (Wildman–Crippen LogP) is 1.76. The van der Waals surface area contributed by atoms with Crippen LogP contribution in [0.25, 0.3) is 0 Å². The summed E-state index contributed by atoms with van der Waals surface area (Å²) in [6, 6.07) is 0. The zero-order valence-electron chi connectivity index (χ0n) is 3.36. The largest absolute Gasteiger partial charge is 0.262 e. The van der Waals surface area contributed by atoms with Crippen LogP contribution in [0.1, 0.15) is 0 Å². The lowest BCUT2D eigenvalue weighted by molar-refractivity contribution is 1.20. The standard InChI is InChI=1S/C4H2Cl2N/c5-3-1-7-2-4(3)6/h1-2H. The van der Waals surface area contributed by atoms with Crippen molar-refractivity contribution in [1.82, 2.24) is 5.32 Å². The molecule has 7 heavy (non-hydrogen) atoms. The van der Waals surface area contributed by atoms with Gasteiger partial charge in [0, 0.05) is 12.4 Å². The van der Waals surface area contributed by atoms with Crippen molar-refractivity contribution in [2.75, 3.05) is 0 Å². The lowest BCUT2D eigenvalue weighted by Crippen LogP contribution is -1.70. The van der Waals surface area contributed by atoms with E-state index in [2.05, 4.69) is 5.32 Å². The number of hydrogen-bond donors (Lipinski definition) is 0. The third-order valence-corrected chi connectivity index (χ3v) is 1.30. The minimum Gasteiger partial charge on any atom is -0.262 e. The maximum Gasteiger partial charge on any atom is 0.0790 e. The molecule has 1 heterocycles. The Hall–Kier alpha value is -0.140. The average molecular weight is 135 g/mol. The molecule has 3 heteroatoms. The second-order valence-corrected chi connectivity index (χ2v) is 1.92. The molecule has 0 N–H and O–H groups in total. The lowest BCUT2D eigenvalue weighted by Gasteiger charge is -1.78. The molecular formula is C4H2Cl2N. The van der Waals surface area contributed by atoms with E-state index in [-0.39, 0.29) is 0 Å². The summed E-state index contributed by atoms with van der Waals surface area (Å²) in [7, 11) is 0. The monoisotopic (exact) mass is 134 g/mol. The maximum absolute atomic E-state index is 5.43. The highest BCUT2D eigenvalue weighted by molar-refractivity contribution is 6.44. The van der Waals surface area contributed by atoms with E-state index in [0.717, 1.165) is 0 Å². The molecule has 0 aromatic rings. The van der Waals surface area contributed by atoms with E-state index in [4.69, 9.17) is 23.2 Å². The molecule has 0 bridgehead atoms. The van der Waals surface area contributed by atoms with Gasteiger partial charge in [-0.05, 0) is 0 Å². The van der Waals surface area contributed by atoms with Gasteiger partial charge in [-0.25, -0.2) is 0 Å². The van der Waals surface area contributed by atoms with E-state index in [1.165, 1.54) is 12.4 Å². The van der Waals surface area contributed by atoms with Gasteiger partial charge in [-0.2, -0.15) is 0 Å². The molecule has 0 aromatic heterocycles. The molecule has 1 rings (SSSR count). The Labute approximate surface area is 51.6 Å². The van der Waals surface area contributed by atoms with Crippen LogP contribution in [-0.2, 0) is 0 Å². The Morgan fingerprint density at radius 2 is 1.57 bits per heavy atom. The van der Waals surface area contributed by atoms with Crippen LogP contribution in [-0.4, -0.2) is 0 Å². The molecule has 1 radical (unpaired) electrons. The Balaban J connectivity index is 2.78. The van der Waals surface area contributed by atoms with Crippen molar-refractivity contribution < 1.29 is 0 Å². The fourth-order valence-corrected chi connectivity index (χ4v) is 0.502. The van der Waals surface area contributed by atoms with Gasteiger partial charge < -0.3 is 0 Å². The lowest BCUT2D eigenvalue weighted by atomic mass is 10.6. The van der Waals surface area contributed by atoms with E-state index >= 15 is 0 Å². The zero-order chi connectivity index (χ0) is 5.28.